The summed E-state index contributed by atoms with van der Waals surface area (Å²) >= 11 is 0. The fourth-order valence-electron chi connectivity index (χ4n) is 3.55. The Bertz CT molecular complexity index is 901. The molecule has 0 aliphatic carbocycles. The largest absolute Gasteiger partial charge is 0.496 e. The molecule has 0 radical (unpaired) electrons. The molecule has 1 fully saturated rings. The number of methoxy groups -OCH3 is 1. The summed E-state index contributed by atoms with van der Waals surface area (Å²) in [5, 5.41) is 1.51. The van der Waals surface area contributed by atoms with Crippen LogP contribution in [0.4, 0.5) is 0 Å². The van der Waals surface area contributed by atoms with E-state index < -0.39 is 5.97 Å². The minimum Gasteiger partial charge on any atom is -0.496 e. The van der Waals surface area contributed by atoms with Gasteiger partial charge in [-0.2, -0.15) is 0 Å². The molecule has 0 bridgehead atoms. The van der Waals surface area contributed by atoms with Gasteiger partial charge in [-0.25, -0.2) is 4.79 Å². The zero-order valence-corrected chi connectivity index (χ0v) is 16.7. The third kappa shape index (κ3) is 4.67. The van der Waals surface area contributed by atoms with Crippen LogP contribution in [0.2, 0.25) is 0 Å². The maximum atomic E-state index is 12.6. The average Bonchev–Trinajstić information content (AvgIpc) is 2.76. The van der Waals surface area contributed by atoms with Crippen LogP contribution in [0.15, 0.2) is 36.4 Å². The highest BCUT2D eigenvalue weighted by atomic mass is 16.5. The van der Waals surface area contributed by atoms with E-state index in [-0.39, 0.29) is 24.4 Å². The highest BCUT2D eigenvalue weighted by Gasteiger charge is 2.28. The van der Waals surface area contributed by atoms with Crippen molar-refractivity contribution in [3.63, 3.8) is 0 Å². The molecule has 0 N–H and O–H groups in total. The summed E-state index contributed by atoms with van der Waals surface area (Å²) in [7, 11) is 1.57. The Morgan fingerprint density at radius 2 is 1.69 bits per heavy atom. The molecule has 2 aromatic rings. The van der Waals surface area contributed by atoms with E-state index in [1.54, 1.807) is 31.1 Å². The van der Waals surface area contributed by atoms with E-state index in [1.165, 1.54) is 0 Å². The van der Waals surface area contributed by atoms with Crippen molar-refractivity contribution in [3.05, 3.63) is 42.0 Å². The van der Waals surface area contributed by atoms with Gasteiger partial charge in [-0.05, 0) is 37.3 Å². The lowest BCUT2D eigenvalue weighted by Gasteiger charge is -2.30. The number of piperidine rings is 1. The van der Waals surface area contributed by atoms with E-state index in [1.807, 2.05) is 24.3 Å². The molecule has 0 spiro atoms. The van der Waals surface area contributed by atoms with Gasteiger partial charge >= 0.3 is 11.9 Å². The van der Waals surface area contributed by atoms with E-state index in [2.05, 4.69) is 0 Å². The molecule has 2 aromatic carbocycles. The first-order valence-electron chi connectivity index (χ1n) is 9.72. The van der Waals surface area contributed by atoms with Crippen molar-refractivity contribution in [2.24, 2.45) is 5.92 Å². The highest BCUT2D eigenvalue weighted by molar-refractivity contribution is 6.06. The SMILES string of the molecule is CCOC(=O)C1CCN(C(=O)COC(=O)c2ccc(OC)c3ccccc23)CC1. The maximum absolute atomic E-state index is 12.6. The van der Waals surface area contributed by atoms with Crippen molar-refractivity contribution >= 4 is 28.6 Å². The number of carbonyl (C=O) groups is 3. The molecule has 1 saturated heterocycles. The predicted molar refractivity (Wildman–Crippen MR) is 107 cm³/mol. The number of hydrogen-bond acceptors (Lipinski definition) is 6. The average molecular weight is 399 g/mol. The first-order valence-corrected chi connectivity index (χ1v) is 9.72. The summed E-state index contributed by atoms with van der Waals surface area (Å²) in [6.45, 7) is 2.70. The summed E-state index contributed by atoms with van der Waals surface area (Å²) in [5.74, 6) is -0.542. The summed E-state index contributed by atoms with van der Waals surface area (Å²) in [5.41, 5.74) is 0.384. The number of esters is 2. The lowest BCUT2D eigenvalue weighted by molar-refractivity contribution is -0.151. The van der Waals surface area contributed by atoms with Gasteiger partial charge in [0.15, 0.2) is 6.61 Å². The Morgan fingerprint density at radius 3 is 2.34 bits per heavy atom. The minimum absolute atomic E-state index is 0.174. The lowest BCUT2D eigenvalue weighted by atomic mass is 9.97. The number of fused-ring (bicyclic) bond motifs is 1. The normalized spacial score (nSPS) is 14.5. The molecule has 7 nitrogen and oxygen atoms in total. The van der Waals surface area contributed by atoms with Crippen LogP contribution in [0.3, 0.4) is 0 Å². The minimum atomic E-state index is -0.557. The van der Waals surface area contributed by atoms with Crippen molar-refractivity contribution in [1.82, 2.24) is 4.90 Å². The summed E-state index contributed by atoms with van der Waals surface area (Å²) < 4.78 is 15.6. The number of hydrogen-bond donors (Lipinski definition) is 0. The Hall–Kier alpha value is -3.09. The topological polar surface area (TPSA) is 82.1 Å². The lowest BCUT2D eigenvalue weighted by Crippen LogP contribution is -2.42. The summed E-state index contributed by atoms with van der Waals surface area (Å²) in [4.78, 5) is 38.4. The molecule has 0 unspecified atom stereocenters. The van der Waals surface area contributed by atoms with Crippen molar-refractivity contribution in [2.45, 2.75) is 19.8 Å². The molecule has 29 heavy (non-hydrogen) atoms. The second kappa shape index (κ2) is 9.41. The molecule has 1 aliphatic heterocycles. The van der Waals surface area contributed by atoms with Gasteiger partial charge in [0.25, 0.3) is 5.91 Å². The predicted octanol–water partition coefficient (Wildman–Crippen LogP) is 2.81. The van der Waals surface area contributed by atoms with Gasteiger partial charge in [0.2, 0.25) is 0 Å². The van der Waals surface area contributed by atoms with E-state index in [0.717, 1.165) is 5.39 Å². The van der Waals surface area contributed by atoms with Gasteiger partial charge in [-0.3, -0.25) is 9.59 Å². The molecule has 1 aliphatic rings. The van der Waals surface area contributed by atoms with Crippen LogP contribution in [0, 0.1) is 5.92 Å². The molecule has 154 valence electrons. The van der Waals surface area contributed by atoms with Crippen LogP contribution in [0.5, 0.6) is 5.75 Å². The van der Waals surface area contributed by atoms with Crippen LogP contribution in [0.1, 0.15) is 30.1 Å². The Morgan fingerprint density at radius 1 is 1.00 bits per heavy atom. The van der Waals surface area contributed by atoms with Crippen molar-refractivity contribution in [1.29, 1.82) is 0 Å². The van der Waals surface area contributed by atoms with Gasteiger partial charge in [0.05, 0.1) is 25.2 Å². The molecule has 7 heteroatoms. The fourth-order valence-corrected chi connectivity index (χ4v) is 3.55. The number of carbonyl (C=O) groups excluding carboxylic acids is 3. The zero-order chi connectivity index (χ0) is 20.8. The van der Waals surface area contributed by atoms with Crippen molar-refractivity contribution in [3.8, 4) is 5.75 Å². The molecule has 0 atom stereocenters. The van der Waals surface area contributed by atoms with Crippen LogP contribution >= 0.6 is 0 Å². The van der Waals surface area contributed by atoms with Crippen LogP contribution in [0.25, 0.3) is 10.8 Å². The quantitative estimate of drug-likeness (QED) is 0.695. The number of rotatable bonds is 6. The molecule has 3 rings (SSSR count). The third-order valence-electron chi connectivity index (χ3n) is 5.12. The molecule has 0 aromatic heterocycles. The van der Waals surface area contributed by atoms with Gasteiger partial charge < -0.3 is 19.1 Å². The van der Waals surface area contributed by atoms with Crippen LogP contribution in [-0.2, 0) is 19.1 Å². The first kappa shape index (κ1) is 20.6. The fraction of sp³-hybridized carbons (Fsp3) is 0.409. The monoisotopic (exact) mass is 399 g/mol. The molecular formula is C22H25NO6. The number of likely N-dealkylation sites (tertiary alicyclic amines) is 1. The van der Waals surface area contributed by atoms with Gasteiger partial charge in [0, 0.05) is 18.5 Å². The highest BCUT2D eigenvalue weighted by Crippen LogP contribution is 2.28. The number of benzene rings is 2. The van der Waals surface area contributed by atoms with Crippen LogP contribution < -0.4 is 4.74 Å². The second-order valence-corrected chi connectivity index (χ2v) is 6.84. The Kier molecular flexibility index (Phi) is 6.69. The molecular weight excluding hydrogens is 374 g/mol. The van der Waals surface area contributed by atoms with Gasteiger partial charge in [-0.15, -0.1) is 0 Å². The zero-order valence-electron chi connectivity index (χ0n) is 16.7. The van der Waals surface area contributed by atoms with E-state index >= 15 is 0 Å². The number of nitrogens with zero attached hydrogens (tertiary/aromatic N) is 1. The Labute approximate surface area is 169 Å². The van der Waals surface area contributed by atoms with E-state index in [4.69, 9.17) is 14.2 Å². The van der Waals surface area contributed by atoms with E-state index in [0.29, 0.717) is 49.2 Å². The third-order valence-corrected chi connectivity index (χ3v) is 5.12. The Balaban J connectivity index is 1.58. The number of amides is 1. The smallest absolute Gasteiger partial charge is 0.339 e. The summed E-state index contributed by atoms with van der Waals surface area (Å²) in [6.07, 6.45) is 1.11. The summed E-state index contributed by atoms with van der Waals surface area (Å²) in [6, 6.07) is 10.7. The van der Waals surface area contributed by atoms with E-state index in [9.17, 15) is 14.4 Å². The first-order chi connectivity index (χ1) is 14.0. The van der Waals surface area contributed by atoms with Gasteiger partial charge in [0.1, 0.15) is 5.75 Å². The van der Waals surface area contributed by atoms with Crippen molar-refractivity contribution in [2.75, 3.05) is 33.4 Å². The molecule has 1 heterocycles. The van der Waals surface area contributed by atoms with Crippen molar-refractivity contribution < 1.29 is 28.6 Å². The standard InChI is InChI=1S/C22H25NO6/c1-3-28-21(25)15-10-12-23(13-11-15)20(24)14-29-22(26)18-8-9-19(27-2)17-7-5-4-6-16(17)18/h4-9,15H,3,10-14H2,1-2H3. The van der Waals surface area contributed by atoms with Gasteiger partial charge in [-0.1, -0.05) is 24.3 Å². The molecule has 0 saturated carbocycles. The maximum Gasteiger partial charge on any atom is 0.339 e. The molecule has 1 amide bonds. The van der Waals surface area contributed by atoms with Crippen LogP contribution in [-0.4, -0.2) is 56.2 Å². The number of ether oxygens (including phenoxy) is 3. The second-order valence-electron chi connectivity index (χ2n) is 6.84.